The van der Waals surface area contributed by atoms with Crippen LogP contribution in [0.15, 0.2) is 0 Å². The number of hydrogen-bond donors (Lipinski definition) is 1. The molecular formula is C12H19NO4. The van der Waals surface area contributed by atoms with E-state index in [2.05, 4.69) is 0 Å². The molecule has 1 fully saturated rings. The number of amides is 2. The fourth-order valence-electron chi connectivity index (χ4n) is 1.95. The van der Waals surface area contributed by atoms with Gasteiger partial charge in [0.1, 0.15) is 0 Å². The van der Waals surface area contributed by atoms with Gasteiger partial charge in [-0.2, -0.15) is 0 Å². The first-order valence-corrected chi connectivity index (χ1v) is 6.16. The SMILES string of the molecule is O=C(O)CCCCCCCN1C(=O)CCC1=O. The first kappa shape index (κ1) is 13.7. The molecule has 5 heteroatoms. The van der Waals surface area contributed by atoms with E-state index >= 15 is 0 Å². The number of nitrogens with zero attached hydrogens (tertiary/aromatic N) is 1. The van der Waals surface area contributed by atoms with E-state index in [1.807, 2.05) is 0 Å². The van der Waals surface area contributed by atoms with Gasteiger partial charge in [0.05, 0.1) is 0 Å². The third-order valence-corrected chi connectivity index (χ3v) is 2.93. The van der Waals surface area contributed by atoms with Gasteiger partial charge in [0, 0.05) is 25.8 Å². The van der Waals surface area contributed by atoms with Gasteiger partial charge >= 0.3 is 5.97 Å². The van der Waals surface area contributed by atoms with Crippen molar-refractivity contribution < 1.29 is 19.5 Å². The van der Waals surface area contributed by atoms with Gasteiger partial charge in [0.25, 0.3) is 0 Å². The normalized spacial score (nSPS) is 15.6. The van der Waals surface area contributed by atoms with Crippen molar-refractivity contribution in [3.63, 3.8) is 0 Å². The van der Waals surface area contributed by atoms with Crippen molar-refractivity contribution in [1.82, 2.24) is 4.90 Å². The van der Waals surface area contributed by atoms with E-state index in [1.54, 1.807) is 0 Å². The highest BCUT2D eigenvalue weighted by Crippen LogP contribution is 2.13. The smallest absolute Gasteiger partial charge is 0.303 e. The number of aliphatic carboxylic acids is 1. The fraction of sp³-hybridized carbons (Fsp3) is 0.750. The summed E-state index contributed by atoms with van der Waals surface area (Å²) < 4.78 is 0. The van der Waals surface area contributed by atoms with Crippen LogP contribution in [0.3, 0.4) is 0 Å². The summed E-state index contributed by atoms with van der Waals surface area (Å²) in [6.45, 7) is 0.524. The van der Waals surface area contributed by atoms with E-state index in [1.165, 1.54) is 4.90 Å². The molecular weight excluding hydrogens is 222 g/mol. The summed E-state index contributed by atoms with van der Waals surface area (Å²) >= 11 is 0. The zero-order valence-corrected chi connectivity index (χ0v) is 9.98. The molecule has 0 saturated carbocycles. The Bertz CT molecular complexity index is 285. The van der Waals surface area contributed by atoms with Crippen molar-refractivity contribution in [2.24, 2.45) is 0 Å². The van der Waals surface area contributed by atoms with Crippen molar-refractivity contribution in [1.29, 1.82) is 0 Å². The van der Waals surface area contributed by atoms with Gasteiger partial charge in [-0.15, -0.1) is 0 Å². The third kappa shape index (κ3) is 4.97. The quantitative estimate of drug-likeness (QED) is 0.517. The Morgan fingerprint density at radius 3 is 2.12 bits per heavy atom. The lowest BCUT2D eigenvalue weighted by Gasteiger charge is -2.12. The van der Waals surface area contributed by atoms with Crippen molar-refractivity contribution in [3.05, 3.63) is 0 Å². The maximum atomic E-state index is 11.3. The molecule has 5 nitrogen and oxygen atoms in total. The zero-order valence-electron chi connectivity index (χ0n) is 9.98. The lowest BCUT2D eigenvalue weighted by molar-refractivity contribution is -0.139. The third-order valence-electron chi connectivity index (χ3n) is 2.93. The van der Waals surface area contributed by atoms with Gasteiger partial charge in [0.2, 0.25) is 11.8 Å². The molecule has 0 aromatic heterocycles. The van der Waals surface area contributed by atoms with Crippen LogP contribution in [0.25, 0.3) is 0 Å². The summed E-state index contributed by atoms with van der Waals surface area (Å²) in [5.74, 6) is -0.861. The van der Waals surface area contributed by atoms with E-state index in [0.717, 1.165) is 25.7 Å². The number of carboxylic acid groups (broad SMARTS) is 1. The van der Waals surface area contributed by atoms with Gasteiger partial charge in [-0.05, 0) is 12.8 Å². The van der Waals surface area contributed by atoms with Crippen molar-refractivity contribution in [2.75, 3.05) is 6.54 Å². The van der Waals surface area contributed by atoms with Crippen LogP contribution in [0, 0.1) is 0 Å². The highest BCUT2D eigenvalue weighted by atomic mass is 16.4. The minimum Gasteiger partial charge on any atom is -0.481 e. The maximum Gasteiger partial charge on any atom is 0.303 e. The highest BCUT2D eigenvalue weighted by Gasteiger charge is 2.27. The van der Waals surface area contributed by atoms with E-state index in [9.17, 15) is 14.4 Å². The Labute approximate surface area is 101 Å². The van der Waals surface area contributed by atoms with Gasteiger partial charge in [-0.25, -0.2) is 0 Å². The maximum absolute atomic E-state index is 11.3. The Morgan fingerprint density at radius 2 is 1.53 bits per heavy atom. The van der Waals surface area contributed by atoms with E-state index in [4.69, 9.17) is 5.11 Å². The minimum atomic E-state index is -0.752. The van der Waals surface area contributed by atoms with Crippen LogP contribution in [0.4, 0.5) is 0 Å². The molecule has 0 spiro atoms. The Hall–Kier alpha value is -1.39. The van der Waals surface area contributed by atoms with Crippen LogP contribution >= 0.6 is 0 Å². The standard InChI is InChI=1S/C12H19NO4/c14-10-7-8-11(15)13(10)9-5-3-1-2-4-6-12(16)17/h1-9H2,(H,16,17). The summed E-state index contributed by atoms with van der Waals surface area (Å²) in [7, 11) is 0. The number of hydrogen-bond acceptors (Lipinski definition) is 3. The second kappa shape index (κ2) is 7.04. The number of likely N-dealkylation sites (tertiary alicyclic amines) is 1. The molecule has 1 saturated heterocycles. The minimum absolute atomic E-state index is 0.0547. The molecule has 1 aliphatic heterocycles. The molecule has 0 bridgehead atoms. The molecule has 1 heterocycles. The molecule has 0 aromatic rings. The molecule has 0 atom stereocenters. The fourth-order valence-corrected chi connectivity index (χ4v) is 1.95. The van der Waals surface area contributed by atoms with Crippen LogP contribution in [0.5, 0.6) is 0 Å². The molecule has 0 aliphatic carbocycles. The molecule has 96 valence electrons. The van der Waals surface area contributed by atoms with Gasteiger partial charge in [0.15, 0.2) is 0 Å². The molecule has 2 amide bonds. The number of rotatable bonds is 8. The molecule has 0 aromatic carbocycles. The van der Waals surface area contributed by atoms with Gasteiger partial charge < -0.3 is 5.11 Å². The van der Waals surface area contributed by atoms with Gasteiger partial charge in [-0.1, -0.05) is 19.3 Å². The van der Waals surface area contributed by atoms with Crippen molar-refractivity contribution in [3.8, 4) is 0 Å². The molecule has 17 heavy (non-hydrogen) atoms. The van der Waals surface area contributed by atoms with Crippen LogP contribution in [0.1, 0.15) is 51.4 Å². The Balaban J connectivity index is 1.99. The summed E-state index contributed by atoms with van der Waals surface area (Å²) in [6, 6.07) is 0. The molecule has 1 N–H and O–H groups in total. The highest BCUT2D eigenvalue weighted by molar-refractivity contribution is 6.01. The lowest BCUT2D eigenvalue weighted by atomic mass is 10.1. The van der Waals surface area contributed by atoms with Crippen LogP contribution in [-0.2, 0) is 14.4 Å². The second-order valence-electron chi connectivity index (χ2n) is 4.35. The summed E-state index contributed by atoms with van der Waals surface area (Å²) in [4.78, 5) is 34.1. The topological polar surface area (TPSA) is 74.7 Å². The number of carbonyl (C=O) groups is 3. The predicted molar refractivity (Wildman–Crippen MR) is 61.3 cm³/mol. The largest absolute Gasteiger partial charge is 0.481 e. The van der Waals surface area contributed by atoms with E-state index in [0.29, 0.717) is 25.8 Å². The first-order chi connectivity index (χ1) is 8.11. The monoisotopic (exact) mass is 241 g/mol. The van der Waals surface area contributed by atoms with Crippen molar-refractivity contribution >= 4 is 17.8 Å². The average Bonchev–Trinajstić information content (AvgIpc) is 2.58. The van der Waals surface area contributed by atoms with Crippen LogP contribution in [0.2, 0.25) is 0 Å². The van der Waals surface area contributed by atoms with Crippen LogP contribution in [-0.4, -0.2) is 34.3 Å². The molecule has 1 aliphatic rings. The number of carboxylic acids is 1. The number of unbranched alkanes of at least 4 members (excludes halogenated alkanes) is 4. The Morgan fingerprint density at radius 1 is 1.00 bits per heavy atom. The summed E-state index contributed by atoms with van der Waals surface area (Å²) in [6.07, 6.45) is 5.27. The average molecular weight is 241 g/mol. The van der Waals surface area contributed by atoms with Crippen molar-refractivity contribution in [2.45, 2.75) is 51.4 Å². The van der Waals surface area contributed by atoms with Gasteiger partial charge in [-0.3, -0.25) is 19.3 Å². The summed E-state index contributed by atoms with van der Waals surface area (Å²) in [5.41, 5.74) is 0. The second-order valence-corrected chi connectivity index (χ2v) is 4.35. The first-order valence-electron chi connectivity index (χ1n) is 6.16. The molecule has 0 unspecified atom stereocenters. The number of carbonyl (C=O) groups excluding carboxylic acids is 2. The molecule has 1 rings (SSSR count). The summed E-state index contributed by atoms with van der Waals surface area (Å²) in [5, 5.41) is 8.44. The van der Waals surface area contributed by atoms with E-state index in [-0.39, 0.29) is 18.2 Å². The van der Waals surface area contributed by atoms with Crippen LogP contribution < -0.4 is 0 Å². The van der Waals surface area contributed by atoms with E-state index < -0.39 is 5.97 Å². The predicted octanol–water partition coefficient (Wildman–Crippen LogP) is 1.56. The Kier molecular flexibility index (Phi) is 5.66. The lowest BCUT2D eigenvalue weighted by Crippen LogP contribution is -2.29. The number of imide groups is 1. The molecule has 0 radical (unpaired) electrons. The zero-order chi connectivity index (χ0) is 12.7.